The van der Waals surface area contributed by atoms with Crippen LogP contribution in [0.25, 0.3) is 55.2 Å². The van der Waals surface area contributed by atoms with Crippen molar-refractivity contribution in [2.45, 2.75) is 13.8 Å². The summed E-state index contributed by atoms with van der Waals surface area (Å²) in [6.45, 7) is 4.08. The average Bonchev–Trinajstić information content (AvgIpc) is 3.37. The van der Waals surface area contributed by atoms with Crippen molar-refractivity contribution in [3.8, 4) is 11.6 Å². The maximum atomic E-state index is 4.93. The highest BCUT2D eigenvalue weighted by Gasteiger charge is 2.21. The lowest BCUT2D eigenvalue weighted by molar-refractivity contribution is 1.03. The zero-order valence-electron chi connectivity index (χ0n) is 19.0. The van der Waals surface area contributed by atoms with Crippen LogP contribution in [0.4, 0.5) is 0 Å². The molecule has 0 amide bonds. The molecule has 0 aliphatic heterocycles. The molecule has 0 fully saturated rings. The van der Waals surface area contributed by atoms with Crippen LogP contribution in [0.15, 0.2) is 97.1 Å². The zero-order chi connectivity index (χ0) is 22.8. The molecule has 0 saturated carbocycles. The van der Waals surface area contributed by atoms with E-state index in [9.17, 15) is 0 Å². The van der Waals surface area contributed by atoms with Gasteiger partial charge in [0, 0.05) is 32.9 Å². The Bertz CT molecular complexity index is 1750. The van der Waals surface area contributed by atoms with Crippen LogP contribution in [0.5, 0.6) is 0 Å². The van der Waals surface area contributed by atoms with Gasteiger partial charge in [0.05, 0.1) is 22.1 Å². The molecule has 0 aliphatic rings. The number of aryl methyl sites for hydroxylation is 2. The normalized spacial score (nSPS) is 11.8. The molecule has 0 N–H and O–H groups in total. The summed E-state index contributed by atoms with van der Waals surface area (Å²) in [5, 5.41) is 4.86. The number of para-hydroxylation sites is 2. The minimum Gasteiger partial charge on any atom is -0.292 e. The van der Waals surface area contributed by atoms with E-state index in [4.69, 9.17) is 9.97 Å². The third-order valence-corrected chi connectivity index (χ3v) is 6.67. The van der Waals surface area contributed by atoms with Crippen LogP contribution in [0.2, 0.25) is 0 Å². The third-order valence-electron chi connectivity index (χ3n) is 6.67. The van der Waals surface area contributed by atoms with Crippen LogP contribution in [-0.2, 0) is 0 Å². The van der Waals surface area contributed by atoms with Crippen LogP contribution in [0.1, 0.15) is 11.4 Å². The Morgan fingerprint density at radius 3 is 1.32 bits per heavy atom. The number of hydrogen-bond donors (Lipinski definition) is 0. The molecule has 0 spiro atoms. The molecule has 0 atom stereocenters. The molecule has 4 heteroatoms. The van der Waals surface area contributed by atoms with E-state index in [-0.39, 0.29) is 0 Å². The van der Waals surface area contributed by atoms with E-state index in [0.29, 0.717) is 0 Å². The fourth-order valence-corrected chi connectivity index (χ4v) is 5.28. The number of fused-ring (bicyclic) bond motifs is 7. The molecule has 0 unspecified atom stereocenters. The van der Waals surface area contributed by atoms with E-state index < -0.39 is 0 Å². The molecule has 7 aromatic rings. The molecular formula is C30H22N4. The van der Waals surface area contributed by atoms with E-state index in [2.05, 4.69) is 94.1 Å². The van der Waals surface area contributed by atoms with Crippen molar-refractivity contribution < 1.29 is 0 Å². The summed E-state index contributed by atoms with van der Waals surface area (Å²) in [6.07, 6.45) is 0. The summed E-state index contributed by atoms with van der Waals surface area (Å²) in [7, 11) is 0. The smallest absolute Gasteiger partial charge is 0.137 e. The molecule has 4 heterocycles. The van der Waals surface area contributed by atoms with Crippen LogP contribution in [-0.4, -0.2) is 19.1 Å². The van der Waals surface area contributed by atoms with E-state index in [0.717, 1.165) is 45.1 Å². The summed E-state index contributed by atoms with van der Waals surface area (Å²) in [5.74, 6) is 1.85. The fourth-order valence-electron chi connectivity index (χ4n) is 5.28. The summed E-state index contributed by atoms with van der Waals surface area (Å²) >= 11 is 0. The maximum absolute atomic E-state index is 4.93. The molecule has 3 aromatic carbocycles. The monoisotopic (exact) mass is 438 g/mol. The number of aromatic nitrogens is 4. The van der Waals surface area contributed by atoms with Crippen molar-refractivity contribution in [1.82, 2.24) is 19.1 Å². The Kier molecular flexibility index (Phi) is 3.94. The first-order valence-electron chi connectivity index (χ1n) is 11.5. The van der Waals surface area contributed by atoms with Crippen molar-refractivity contribution in [1.29, 1.82) is 0 Å². The molecule has 0 radical (unpaired) electrons. The summed E-state index contributed by atoms with van der Waals surface area (Å²) in [5.41, 5.74) is 6.59. The predicted octanol–water partition coefficient (Wildman–Crippen LogP) is 7.29. The Morgan fingerprint density at radius 1 is 0.441 bits per heavy atom. The van der Waals surface area contributed by atoms with Crippen LogP contribution < -0.4 is 0 Å². The predicted molar refractivity (Wildman–Crippen MR) is 140 cm³/mol. The van der Waals surface area contributed by atoms with Crippen molar-refractivity contribution >= 4 is 43.6 Å². The highest BCUT2D eigenvalue weighted by molar-refractivity contribution is 6.23. The average molecular weight is 439 g/mol. The van der Waals surface area contributed by atoms with E-state index in [1.165, 1.54) is 21.5 Å². The SMILES string of the molecule is Cc1cccc(-n2c3ccccc3c3ccc4c5ccccc5n(-c5cccc(C)n5)c4c32)n1. The second-order valence-corrected chi connectivity index (χ2v) is 8.84. The summed E-state index contributed by atoms with van der Waals surface area (Å²) < 4.78 is 4.62. The number of rotatable bonds is 2. The van der Waals surface area contributed by atoms with Gasteiger partial charge in [-0.2, -0.15) is 0 Å². The van der Waals surface area contributed by atoms with Gasteiger partial charge in [-0.25, -0.2) is 9.97 Å². The number of pyridine rings is 2. The zero-order valence-corrected chi connectivity index (χ0v) is 19.0. The molecule has 4 aromatic heterocycles. The van der Waals surface area contributed by atoms with Gasteiger partial charge in [-0.15, -0.1) is 0 Å². The van der Waals surface area contributed by atoms with E-state index in [1.54, 1.807) is 0 Å². The topological polar surface area (TPSA) is 35.6 Å². The van der Waals surface area contributed by atoms with Gasteiger partial charge in [0.15, 0.2) is 0 Å². The summed E-state index contributed by atoms with van der Waals surface area (Å²) in [4.78, 5) is 9.86. The van der Waals surface area contributed by atoms with Gasteiger partial charge in [-0.1, -0.05) is 60.7 Å². The van der Waals surface area contributed by atoms with Crippen LogP contribution >= 0.6 is 0 Å². The molecule has 34 heavy (non-hydrogen) atoms. The quantitative estimate of drug-likeness (QED) is 0.284. The van der Waals surface area contributed by atoms with Gasteiger partial charge < -0.3 is 0 Å². The lowest BCUT2D eigenvalue weighted by Gasteiger charge is -2.12. The van der Waals surface area contributed by atoms with Gasteiger partial charge in [0.25, 0.3) is 0 Å². The first-order chi connectivity index (χ1) is 16.7. The van der Waals surface area contributed by atoms with E-state index >= 15 is 0 Å². The van der Waals surface area contributed by atoms with Crippen molar-refractivity contribution in [3.05, 3.63) is 108 Å². The number of nitrogens with zero attached hydrogens (tertiary/aromatic N) is 4. The molecule has 0 aliphatic carbocycles. The second-order valence-electron chi connectivity index (χ2n) is 8.84. The fraction of sp³-hybridized carbons (Fsp3) is 0.0667. The van der Waals surface area contributed by atoms with Crippen molar-refractivity contribution in [2.24, 2.45) is 0 Å². The molecule has 4 nitrogen and oxygen atoms in total. The first kappa shape index (κ1) is 19.1. The standard InChI is InChI=1S/C30H22N4/c1-19-9-7-15-27(31-19)33-25-13-5-3-11-21(25)23-17-18-24-22-12-4-6-14-26(22)34(30(24)29(23)33)28-16-8-10-20(2)32-28/h3-18H,1-2H3. The van der Waals surface area contributed by atoms with Crippen molar-refractivity contribution in [3.63, 3.8) is 0 Å². The first-order valence-corrected chi connectivity index (χ1v) is 11.5. The van der Waals surface area contributed by atoms with Gasteiger partial charge >= 0.3 is 0 Å². The van der Waals surface area contributed by atoms with E-state index in [1.807, 2.05) is 26.0 Å². The summed E-state index contributed by atoms with van der Waals surface area (Å²) in [6, 6.07) is 34.1. The maximum Gasteiger partial charge on any atom is 0.137 e. The van der Waals surface area contributed by atoms with Gasteiger partial charge in [-0.3, -0.25) is 9.13 Å². The van der Waals surface area contributed by atoms with Crippen molar-refractivity contribution in [2.75, 3.05) is 0 Å². The highest BCUT2D eigenvalue weighted by Crippen LogP contribution is 2.41. The van der Waals surface area contributed by atoms with Gasteiger partial charge in [-0.05, 0) is 50.2 Å². The largest absolute Gasteiger partial charge is 0.292 e. The van der Waals surface area contributed by atoms with Gasteiger partial charge in [0.1, 0.15) is 11.6 Å². The Labute approximate surface area is 196 Å². The Morgan fingerprint density at radius 2 is 0.882 bits per heavy atom. The lowest BCUT2D eigenvalue weighted by atomic mass is 10.1. The Hall–Kier alpha value is -4.44. The molecule has 7 rings (SSSR count). The number of hydrogen-bond acceptors (Lipinski definition) is 2. The molecule has 162 valence electrons. The number of benzene rings is 3. The molecule has 0 saturated heterocycles. The third kappa shape index (κ3) is 2.59. The lowest BCUT2D eigenvalue weighted by Crippen LogP contribution is -2.02. The van der Waals surface area contributed by atoms with Crippen LogP contribution in [0.3, 0.4) is 0 Å². The van der Waals surface area contributed by atoms with Crippen LogP contribution in [0, 0.1) is 13.8 Å². The second kappa shape index (κ2) is 7.03. The minimum absolute atomic E-state index is 0.924. The minimum atomic E-state index is 0.924. The highest BCUT2D eigenvalue weighted by atomic mass is 15.1. The Balaban J connectivity index is 1.79. The molecular weight excluding hydrogens is 416 g/mol. The molecule has 0 bridgehead atoms. The van der Waals surface area contributed by atoms with Gasteiger partial charge in [0.2, 0.25) is 0 Å².